The lowest BCUT2D eigenvalue weighted by molar-refractivity contribution is -0.136. The van der Waals surface area contributed by atoms with Crippen LogP contribution in [0.3, 0.4) is 0 Å². The maximum atomic E-state index is 13.3. The summed E-state index contributed by atoms with van der Waals surface area (Å²) in [6.45, 7) is 1.55. The van der Waals surface area contributed by atoms with Gasteiger partial charge in [-0.2, -0.15) is 0 Å². The van der Waals surface area contributed by atoms with Gasteiger partial charge >= 0.3 is 5.97 Å². The first kappa shape index (κ1) is 18.2. The third kappa shape index (κ3) is 2.91. The minimum absolute atomic E-state index is 0.125. The van der Waals surface area contributed by atoms with Crippen LogP contribution in [0.2, 0.25) is 5.02 Å². The molecule has 0 aliphatic heterocycles. The predicted molar refractivity (Wildman–Crippen MR) is 96.4 cm³/mol. The van der Waals surface area contributed by atoms with E-state index in [-0.39, 0.29) is 33.4 Å². The summed E-state index contributed by atoms with van der Waals surface area (Å²) in [6, 6.07) is 7.55. The van der Waals surface area contributed by atoms with Gasteiger partial charge in [-0.05, 0) is 42.8 Å². The first-order chi connectivity index (χ1) is 12.3. The summed E-state index contributed by atoms with van der Waals surface area (Å²) in [4.78, 5) is 15.3. The second kappa shape index (κ2) is 6.62. The zero-order valence-electron chi connectivity index (χ0n) is 13.9. The van der Waals surface area contributed by atoms with E-state index < -0.39 is 16.0 Å². The van der Waals surface area contributed by atoms with Crippen LogP contribution in [0.5, 0.6) is 5.75 Å². The van der Waals surface area contributed by atoms with Gasteiger partial charge < -0.3 is 9.84 Å². The molecule has 0 atom stereocenters. The maximum Gasteiger partial charge on any atom is 0.307 e. The SMILES string of the molecule is COc1ccc(Cl)cc1S(=O)(=O)n1c(C)c(CC(=O)O)c2cccnc21. The Morgan fingerprint density at radius 1 is 1.35 bits per heavy atom. The Bertz CT molecular complexity index is 1120. The molecule has 0 aliphatic rings. The van der Waals surface area contributed by atoms with Gasteiger partial charge in [-0.1, -0.05) is 11.6 Å². The Labute approximate surface area is 154 Å². The van der Waals surface area contributed by atoms with E-state index >= 15 is 0 Å². The van der Waals surface area contributed by atoms with Crippen molar-refractivity contribution in [2.45, 2.75) is 18.2 Å². The largest absolute Gasteiger partial charge is 0.495 e. The Balaban J connectivity index is 2.37. The number of halogens is 1. The van der Waals surface area contributed by atoms with E-state index in [9.17, 15) is 18.3 Å². The fourth-order valence-electron chi connectivity index (χ4n) is 2.89. The van der Waals surface area contributed by atoms with Crippen molar-refractivity contribution in [3.05, 3.63) is 52.8 Å². The van der Waals surface area contributed by atoms with Gasteiger partial charge in [0.05, 0.1) is 13.5 Å². The topological polar surface area (TPSA) is 98.5 Å². The molecule has 2 heterocycles. The number of rotatable bonds is 5. The van der Waals surface area contributed by atoms with Gasteiger partial charge in [-0.3, -0.25) is 4.79 Å². The van der Waals surface area contributed by atoms with Crippen LogP contribution in [0.15, 0.2) is 41.4 Å². The number of methoxy groups -OCH3 is 1. The fourth-order valence-corrected chi connectivity index (χ4v) is 4.85. The molecule has 3 aromatic rings. The van der Waals surface area contributed by atoms with Crippen molar-refractivity contribution in [2.75, 3.05) is 7.11 Å². The molecule has 9 heteroatoms. The number of benzene rings is 1. The molecule has 0 amide bonds. The maximum absolute atomic E-state index is 13.3. The van der Waals surface area contributed by atoms with Gasteiger partial charge in [-0.25, -0.2) is 17.4 Å². The number of pyridine rings is 1. The quantitative estimate of drug-likeness (QED) is 0.714. The molecule has 1 aromatic carbocycles. The highest BCUT2D eigenvalue weighted by molar-refractivity contribution is 7.90. The highest BCUT2D eigenvalue weighted by atomic mass is 35.5. The lowest BCUT2D eigenvalue weighted by Crippen LogP contribution is -2.16. The number of fused-ring (bicyclic) bond motifs is 1. The molecular formula is C17H15ClN2O5S. The minimum atomic E-state index is -4.12. The van der Waals surface area contributed by atoms with Crippen LogP contribution in [0.25, 0.3) is 11.0 Å². The third-order valence-corrected chi connectivity index (χ3v) is 6.05. The van der Waals surface area contributed by atoms with Crippen LogP contribution < -0.4 is 4.74 Å². The average molecular weight is 395 g/mol. The summed E-state index contributed by atoms with van der Waals surface area (Å²) in [5.41, 5.74) is 0.830. The monoisotopic (exact) mass is 394 g/mol. The lowest BCUT2D eigenvalue weighted by atomic mass is 10.1. The first-order valence-corrected chi connectivity index (χ1v) is 9.35. The first-order valence-electron chi connectivity index (χ1n) is 7.53. The Hall–Kier alpha value is -2.58. The Morgan fingerprint density at radius 2 is 2.08 bits per heavy atom. The standard InChI is InChI=1S/C17H15ClN2O5S/c1-10-13(9-16(21)22)12-4-3-7-19-17(12)20(10)26(23,24)15-8-11(18)5-6-14(15)25-2/h3-8H,9H2,1-2H3,(H,21,22). The van der Waals surface area contributed by atoms with E-state index in [2.05, 4.69) is 4.98 Å². The number of aliphatic carboxylic acids is 1. The third-order valence-electron chi connectivity index (χ3n) is 4.02. The van der Waals surface area contributed by atoms with Crippen molar-refractivity contribution in [3.63, 3.8) is 0 Å². The number of hydrogen-bond acceptors (Lipinski definition) is 5. The van der Waals surface area contributed by atoms with Crippen LogP contribution in [0, 0.1) is 6.92 Å². The fraction of sp³-hybridized carbons (Fsp3) is 0.176. The van der Waals surface area contributed by atoms with Crippen molar-refractivity contribution >= 4 is 38.6 Å². The second-order valence-electron chi connectivity index (χ2n) is 5.57. The molecule has 7 nitrogen and oxygen atoms in total. The molecule has 0 saturated carbocycles. The molecule has 0 radical (unpaired) electrons. The van der Waals surface area contributed by atoms with Crippen LogP contribution in [0.4, 0.5) is 0 Å². The molecule has 0 aliphatic carbocycles. The summed E-state index contributed by atoms with van der Waals surface area (Å²) in [6.07, 6.45) is 1.14. The molecule has 2 aromatic heterocycles. The van der Waals surface area contributed by atoms with Gasteiger partial charge in [0.15, 0.2) is 5.65 Å². The van der Waals surface area contributed by atoms with Gasteiger partial charge in [0.2, 0.25) is 0 Å². The van der Waals surface area contributed by atoms with Crippen LogP contribution in [-0.4, -0.2) is 35.6 Å². The van der Waals surface area contributed by atoms with Crippen molar-refractivity contribution in [1.29, 1.82) is 0 Å². The summed E-state index contributed by atoms with van der Waals surface area (Å²) >= 11 is 5.98. The molecule has 0 fully saturated rings. The summed E-state index contributed by atoms with van der Waals surface area (Å²) in [5, 5.41) is 9.88. The second-order valence-corrected chi connectivity index (χ2v) is 7.77. The van der Waals surface area contributed by atoms with E-state index in [0.29, 0.717) is 10.9 Å². The number of nitrogens with zero attached hydrogens (tertiary/aromatic N) is 2. The normalized spacial score (nSPS) is 11.7. The number of carbonyl (C=O) groups is 1. The predicted octanol–water partition coefficient (Wildman–Crippen LogP) is 2.87. The van der Waals surface area contributed by atoms with E-state index in [1.54, 1.807) is 19.1 Å². The lowest BCUT2D eigenvalue weighted by Gasteiger charge is -2.13. The van der Waals surface area contributed by atoms with E-state index in [1.165, 1.54) is 31.5 Å². The van der Waals surface area contributed by atoms with E-state index in [0.717, 1.165) is 3.97 Å². The molecule has 0 bridgehead atoms. The van der Waals surface area contributed by atoms with Gasteiger partial charge in [0.25, 0.3) is 10.0 Å². The zero-order valence-corrected chi connectivity index (χ0v) is 15.5. The molecular weight excluding hydrogens is 380 g/mol. The molecule has 0 unspecified atom stereocenters. The summed E-state index contributed by atoms with van der Waals surface area (Å²) in [5.74, 6) is -0.930. The van der Waals surface area contributed by atoms with Gasteiger partial charge in [-0.15, -0.1) is 0 Å². The highest BCUT2D eigenvalue weighted by Gasteiger charge is 2.29. The number of carboxylic acid groups (broad SMARTS) is 1. The molecule has 0 saturated heterocycles. The highest BCUT2D eigenvalue weighted by Crippen LogP contribution is 2.33. The molecule has 3 rings (SSSR count). The number of carboxylic acids is 1. The summed E-state index contributed by atoms with van der Waals surface area (Å²) < 4.78 is 32.9. The van der Waals surface area contributed by atoms with Crippen LogP contribution in [0.1, 0.15) is 11.3 Å². The molecule has 26 heavy (non-hydrogen) atoms. The van der Waals surface area contributed by atoms with Gasteiger partial charge in [0.1, 0.15) is 10.6 Å². The zero-order chi connectivity index (χ0) is 19.1. The van der Waals surface area contributed by atoms with Crippen molar-refractivity contribution in [1.82, 2.24) is 8.96 Å². The van der Waals surface area contributed by atoms with Crippen LogP contribution in [-0.2, 0) is 21.2 Å². The Kier molecular flexibility index (Phi) is 4.64. The minimum Gasteiger partial charge on any atom is -0.495 e. The smallest absolute Gasteiger partial charge is 0.307 e. The number of hydrogen-bond donors (Lipinski definition) is 1. The molecule has 136 valence electrons. The van der Waals surface area contributed by atoms with Crippen LogP contribution >= 0.6 is 11.6 Å². The Morgan fingerprint density at radius 3 is 2.73 bits per heavy atom. The molecule has 1 N–H and O–H groups in total. The average Bonchev–Trinajstić information content (AvgIpc) is 2.87. The van der Waals surface area contributed by atoms with Crippen molar-refractivity contribution in [2.24, 2.45) is 0 Å². The number of ether oxygens (including phenoxy) is 1. The van der Waals surface area contributed by atoms with E-state index in [1.807, 2.05) is 0 Å². The van der Waals surface area contributed by atoms with Gasteiger partial charge in [0, 0.05) is 22.3 Å². The van der Waals surface area contributed by atoms with E-state index in [4.69, 9.17) is 16.3 Å². The van der Waals surface area contributed by atoms with Crippen molar-refractivity contribution in [3.8, 4) is 5.75 Å². The molecule has 0 spiro atoms. The van der Waals surface area contributed by atoms with Crippen molar-refractivity contribution < 1.29 is 23.1 Å². The summed E-state index contributed by atoms with van der Waals surface area (Å²) in [7, 11) is -2.77. The number of aromatic nitrogens is 2.